The van der Waals surface area contributed by atoms with Crippen LogP contribution in [0.4, 0.5) is 4.79 Å². The zero-order valence-electron chi connectivity index (χ0n) is 12.6. The highest BCUT2D eigenvalue weighted by atomic mass is 16.4. The van der Waals surface area contributed by atoms with E-state index in [4.69, 9.17) is 5.11 Å². The Morgan fingerprint density at radius 3 is 2.50 bits per heavy atom. The van der Waals surface area contributed by atoms with Gasteiger partial charge < -0.3 is 15.3 Å². The smallest absolute Gasteiger partial charge is 0.317 e. The molecule has 0 saturated heterocycles. The van der Waals surface area contributed by atoms with E-state index in [0.717, 1.165) is 51.1 Å². The average Bonchev–Trinajstić information content (AvgIpc) is 3.20. The van der Waals surface area contributed by atoms with E-state index in [0.29, 0.717) is 6.54 Å². The molecular formula is C15H28N2O3. The summed E-state index contributed by atoms with van der Waals surface area (Å²) in [6, 6.07) is 0.0595. The summed E-state index contributed by atoms with van der Waals surface area (Å²) in [6.45, 7) is 4.52. The first-order valence-electron chi connectivity index (χ1n) is 7.88. The Hall–Kier alpha value is -1.26. The van der Waals surface area contributed by atoms with Gasteiger partial charge in [-0.1, -0.05) is 19.8 Å². The first-order valence-corrected chi connectivity index (χ1v) is 7.88. The number of hydrogen-bond acceptors (Lipinski definition) is 2. The van der Waals surface area contributed by atoms with Crippen LogP contribution in [0.3, 0.4) is 0 Å². The molecule has 2 N–H and O–H groups in total. The van der Waals surface area contributed by atoms with Crippen LogP contribution < -0.4 is 5.32 Å². The number of unbranched alkanes of at least 4 members (excludes halogenated alkanes) is 3. The molecule has 0 aliphatic heterocycles. The summed E-state index contributed by atoms with van der Waals surface area (Å²) in [6.07, 6.45) is 7.32. The number of nitrogens with zero attached hydrogens (tertiary/aromatic N) is 1. The van der Waals surface area contributed by atoms with Crippen LogP contribution in [-0.2, 0) is 4.79 Å². The molecule has 116 valence electrons. The Morgan fingerprint density at radius 2 is 1.90 bits per heavy atom. The molecule has 0 spiro atoms. The summed E-state index contributed by atoms with van der Waals surface area (Å²) in [4.78, 5) is 24.3. The number of nitrogens with one attached hydrogen (secondary N) is 1. The van der Waals surface area contributed by atoms with Crippen molar-refractivity contribution in [3.05, 3.63) is 0 Å². The van der Waals surface area contributed by atoms with Crippen molar-refractivity contribution in [1.82, 2.24) is 10.2 Å². The Bertz CT molecular complexity index is 303. The van der Waals surface area contributed by atoms with Gasteiger partial charge in [0.05, 0.1) is 0 Å². The lowest BCUT2D eigenvalue weighted by molar-refractivity contribution is -0.137. The molecule has 20 heavy (non-hydrogen) atoms. The normalized spacial score (nSPS) is 14.1. The number of rotatable bonds is 11. The Kier molecular flexibility index (Phi) is 8.07. The second kappa shape index (κ2) is 9.61. The van der Waals surface area contributed by atoms with Crippen LogP contribution in [-0.4, -0.2) is 41.6 Å². The molecule has 0 aromatic rings. The minimum absolute atomic E-state index is 0.0595. The summed E-state index contributed by atoms with van der Waals surface area (Å²) >= 11 is 0. The summed E-state index contributed by atoms with van der Waals surface area (Å²) in [5.74, 6) is -0.00287. The third-order valence-electron chi connectivity index (χ3n) is 3.55. The Balaban J connectivity index is 2.03. The number of aliphatic carboxylic acids is 1. The van der Waals surface area contributed by atoms with Crippen molar-refractivity contribution < 1.29 is 14.7 Å². The van der Waals surface area contributed by atoms with E-state index in [1.165, 1.54) is 12.8 Å². The van der Waals surface area contributed by atoms with Crippen LogP contribution in [0.5, 0.6) is 0 Å². The highest BCUT2D eigenvalue weighted by Crippen LogP contribution is 2.29. The third-order valence-corrected chi connectivity index (χ3v) is 3.55. The maximum Gasteiger partial charge on any atom is 0.317 e. The zero-order valence-corrected chi connectivity index (χ0v) is 12.6. The fourth-order valence-corrected chi connectivity index (χ4v) is 2.22. The monoisotopic (exact) mass is 284 g/mol. The van der Waals surface area contributed by atoms with Gasteiger partial charge >= 0.3 is 12.0 Å². The molecule has 0 bridgehead atoms. The van der Waals surface area contributed by atoms with Crippen molar-refractivity contribution in [1.29, 1.82) is 0 Å². The highest BCUT2D eigenvalue weighted by molar-refractivity contribution is 5.74. The predicted octanol–water partition coefficient (Wildman–Crippen LogP) is 2.85. The molecule has 1 aliphatic rings. The molecule has 0 atom stereocenters. The molecule has 1 fully saturated rings. The van der Waals surface area contributed by atoms with Crippen LogP contribution in [0.15, 0.2) is 0 Å². The fraction of sp³-hybridized carbons (Fsp3) is 0.867. The molecule has 5 nitrogen and oxygen atoms in total. The zero-order chi connectivity index (χ0) is 14.8. The topological polar surface area (TPSA) is 69.6 Å². The van der Waals surface area contributed by atoms with Crippen molar-refractivity contribution in [2.45, 2.75) is 58.3 Å². The molecule has 5 heteroatoms. The van der Waals surface area contributed by atoms with Gasteiger partial charge in [-0.25, -0.2) is 4.79 Å². The number of carboxylic acids is 1. The first kappa shape index (κ1) is 16.8. The third kappa shape index (κ3) is 8.02. The minimum Gasteiger partial charge on any atom is -0.481 e. The maximum atomic E-state index is 12.0. The summed E-state index contributed by atoms with van der Waals surface area (Å²) in [5, 5.41) is 11.5. The van der Waals surface area contributed by atoms with Gasteiger partial charge in [0.15, 0.2) is 0 Å². The summed E-state index contributed by atoms with van der Waals surface area (Å²) in [7, 11) is 0. The van der Waals surface area contributed by atoms with Gasteiger partial charge in [0, 0.05) is 26.1 Å². The number of carbonyl (C=O) groups is 2. The average molecular weight is 284 g/mol. The van der Waals surface area contributed by atoms with E-state index >= 15 is 0 Å². The largest absolute Gasteiger partial charge is 0.481 e. The lowest BCUT2D eigenvalue weighted by atomic mass is 10.1. The van der Waals surface area contributed by atoms with E-state index in [1.54, 1.807) is 0 Å². The van der Waals surface area contributed by atoms with Gasteiger partial charge in [-0.15, -0.1) is 0 Å². The van der Waals surface area contributed by atoms with Crippen molar-refractivity contribution in [3.8, 4) is 0 Å². The van der Waals surface area contributed by atoms with Crippen molar-refractivity contribution >= 4 is 12.0 Å². The van der Waals surface area contributed by atoms with E-state index in [1.807, 2.05) is 4.90 Å². The lowest BCUT2D eigenvalue weighted by Crippen LogP contribution is -2.41. The molecule has 0 unspecified atom stereocenters. The fourth-order valence-electron chi connectivity index (χ4n) is 2.22. The van der Waals surface area contributed by atoms with Crippen LogP contribution in [0.2, 0.25) is 0 Å². The number of carboxylic acid groups (broad SMARTS) is 1. The van der Waals surface area contributed by atoms with E-state index in [-0.39, 0.29) is 12.5 Å². The van der Waals surface area contributed by atoms with Gasteiger partial charge in [-0.3, -0.25) is 4.79 Å². The molecule has 0 aromatic heterocycles. The number of urea groups is 1. The molecule has 0 aromatic carbocycles. The lowest BCUT2D eigenvalue weighted by Gasteiger charge is -2.22. The SMILES string of the molecule is CCCN(CC1CC1)C(=O)NCCCCCCC(=O)O. The van der Waals surface area contributed by atoms with E-state index < -0.39 is 5.97 Å². The van der Waals surface area contributed by atoms with Crippen molar-refractivity contribution in [3.63, 3.8) is 0 Å². The van der Waals surface area contributed by atoms with Crippen molar-refractivity contribution in [2.75, 3.05) is 19.6 Å². The van der Waals surface area contributed by atoms with Gasteiger partial charge in [0.2, 0.25) is 0 Å². The molecule has 1 rings (SSSR count). The second-order valence-corrected chi connectivity index (χ2v) is 5.68. The molecule has 2 amide bonds. The van der Waals surface area contributed by atoms with Crippen LogP contribution >= 0.6 is 0 Å². The van der Waals surface area contributed by atoms with Gasteiger partial charge in [-0.05, 0) is 38.0 Å². The number of carbonyl (C=O) groups excluding carboxylic acids is 1. The van der Waals surface area contributed by atoms with E-state index in [2.05, 4.69) is 12.2 Å². The predicted molar refractivity (Wildman–Crippen MR) is 78.7 cm³/mol. The van der Waals surface area contributed by atoms with Crippen LogP contribution in [0.1, 0.15) is 58.3 Å². The minimum atomic E-state index is -0.728. The Labute approximate surface area is 121 Å². The quantitative estimate of drug-likeness (QED) is 0.573. The van der Waals surface area contributed by atoms with Crippen LogP contribution in [0, 0.1) is 5.92 Å². The molecule has 0 heterocycles. The molecule has 1 aliphatic carbocycles. The summed E-state index contributed by atoms with van der Waals surface area (Å²) in [5.41, 5.74) is 0. The molecule has 1 saturated carbocycles. The number of hydrogen-bond donors (Lipinski definition) is 2. The second-order valence-electron chi connectivity index (χ2n) is 5.68. The van der Waals surface area contributed by atoms with Crippen LogP contribution in [0.25, 0.3) is 0 Å². The highest BCUT2D eigenvalue weighted by Gasteiger charge is 2.26. The van der Waals surface area contributed by atoms with E-state index in [9.17, 15) is 9.59 Å². The van der Waals surface area contributed by atoms with Gasteiger partial charge in [-0.2, -0.15) is 0 Å². The summed E-state index contributed by atoms with van der Waals surface area (Å²) < 4.78 is 0. The standard InChI is InChI=1S/C15H28N2O3/c1-2-11-17(12-13-8-9-13)15(20)16-10-6-4-3-5-7-14(18)19/h13H,2-12H2,1H3,(H,16,20)(H,18,19). The van der Waals surface area contributed by atoms with Crippen molar-refractivity contribution in [2.24, 2.45) is 5.92 Å². The Morgan fingerprint density at radius 1 is 1.20 bits per heavy atom. The van der Waals surface area contributed by atoms with Gasteiger partial charge in [0.1, 0.15) is 0 Å². The first-order chi connectivity index (χ1) is 9.63. The molecular weight excluding hydrogens is 256 g/mol. The maximum absolute atomic E-state index is 12.0. The molecule has 0 radical (unpaired) electrons. The van der Waals surface area contributed by atoms with Gasteiger partial charge in [0.25, 0.3) is 0 Å². The number of amides is 2.